The van der Waals surface area contributed by atoms with Gasteiger partial charge in [0.2, 0.25) is 0 Å². The van der Waals surface area contributed by atoms with Gasteiger partial charge >= 0.3 is 5.97 Å². The Bertz CT molecular complexity index is 578. The summed E-state index contributed by atoms with van der Waals surface area (Å²) in [6, 6.07) is 7.50. The van der Waals surface area contributed by atoms with E-state index in [9.17, 15) is 4.79 Å². The molecule has 0 aliphatic heterocycles. The average molecular weight is 328 g/mol. The van der Waals surface area contributed by atoms with Gasteiger partial charge in [0.15, 0.2) is 5.69 Å². The van der Waals surface area contributed by atoms with Gasteiger partial charge < -0.3 is 4.74 Å². The minimum atomic E-state index is -0.551. The first kappa shape index (κ1) is 13.0. The van der Waals surface area contributed by atoms with Crippen molar-refractivity contribution in [3.63, 3.8) is 0 Å². The third-order valence-electron chi connectivity index (χ3n) is 2.07. The summed E-state index contributed by atoms with van der Waals surface area (Å²) in [5.41, 5.74) is 0.977. The number of aromatic nitrogens is 2. The molecule has 0 saturated heterocycles. The molecule has 0 bridgehead atoms. The molecule has 0 N–H and O–H groups in total. The Morgan fingerprint density at radius 3 is 2.94 bits per heavy atom. The summed E-state index contributed by atoms with van der Waals surface area (Å²) >= 11 is 8.98. The van der Waals surface area contributed by atoms with Gasteiger partial charge in [0.25, 0.3) is 0 Å². The van der Waals surface area contributed by atoms with Crippen LogP contribution in [0.3, 0.4) is 0 Å². The smallest absolute Gasteiger partial charge is 0.358 e. The molecule has 0 aliphatic carbocycles. The van der Waals surface area contributed by atoms with Crippen LogP contribution >= 0.6 is 27.5 Å². The number of ether oxygens (including phenoxy) is 1. The fourth-order valence-corrected chi connectivity index (χ4v) is 1.88. The van der Waals surface area contributed by atoms with E-state index >= 15 is 0 Å². The van der Waals surface area contributed by atoms with Crippen LogP contribution < -0.4 is 0 Å². The molecule has 1 aromatic heterocycles. The fourth-order valence-electron chi connectivity index (χ4n) is 1.29. The van der Waals surface area contributed by atoms with Gasteiger partial charge in [-0.2, -0.15) is 0 Å². The van der Waals surface area contributed by atoms with Crippen LogP contribution in [0.4, 0.5) is 0 Å². The maximum atomic E-state index is 11.7. The Morgan fingerprint density at radius 2 is 2.22 bits per heavy atom. The zero-order chi connectivity index (χ0) is 13.0. The SMILES string of the molecule is O=C(OCc1cccc(Br)c1)c1cncc(Cl)n1. The van der Waals surface area contributed by atoms with Gasteiger partial charge in [0.05, 0.1) is 12.4 Å². The fraction of sp³-hybridized carbons (Fsp3) is 0.0833. The zero-order valence-corrected chi connectivity index (χ0v) is 11.5. The lowest BCUT2D eigenvalue weighted by molar-refractivity contribution is 0.0465. The van der Waals surface area contributed by atoms with E-state index in [0.717, 1.165) is 10.0 Å². The molecule has 1 aromatic carbocycles. The number of benzene rings is 1. The molecule has 2 aromatic rings. The summed E-state index contributed by atoms with van der Waals surface area (Å²) in [7, 11) is 0. The predicted molar refractivity (Wildman–Crippen MR) is 70.3 cm³/mol. The molecule has 0 saturated carbocycles. The summed E-state index contributed by atoms with van der Waals surface area (Å²) in [5, 5.41) is 0.159. The lowest BCUT2D eigenvalue weighted by Gasteiger charge is -2.04. The molecule has 0 unspecified atom stereocenters. The van der Waals surface area contributed by atoms with Crippen LogP contribution in [-0.4, -0.2) is 15.9 Å². The number of carbonyl (C=O) groups excluding carboxylic acids is 1. The summed E-state index contributed by atoms with van der Waals surface area (Å²) in [6.07, 6.45) is 2.67. The van der Waals surface area contributed by atoms with E-state index in [1.165, 1.54) is 12.4 Å². The van der Waals surface area contributed by atoms with Crippen molar-refractivity contribution in [2.45, 2.75) is 6.61 Å². The molecule has 0 radical (unpaired) electrons. The molecule has 18 heavy (non-hydrogen) atoms. The Balaban J connectivity index is 2.00. The number of carbonyl (C=O) groups is 1. The summed E-state index contributed by atoms with van der Waals surface area (Å²) < 4.78 is 6.03. The van der Waals surface area contributed by atoms with Gasteiger partial charge in [-0.1, -0.05) is 39.7 Å². The molecule has 0 spiro atoms. The van der Waals surface area contributed by atoms with Crippen molar-refractivity contribution in [2.75, 3.05) is 0 Å². The first-order valence-electron chi connectivity index (χ1n) is 5.04. The number of hydrogen-bond acceptors (Lipinski definition) is 4. The second kappa shape index (κ2) is 5.93. The van der Waals surface area contributed by atoms with Crippen LogP contribution in [0.15, 0.2) is 41.1 Å². The zero-order valence-electron chi connectivity index (χ0n) is 9.14. The van der Waals surface area contributed by atoms with Crippen molar-refractivity contribution >= 4 is 33.5 Å². The Morgan fingerprint density at radius 1 is 1.39 bits per heavy atom. The highest BCUT2D eigenvalue weighted by Gasteiger charge is 2.10. The topological polar surface area (TPSA) is 52.1 Å². The highest BCUT2D eigenvalue weighted by molar-refractivity contribution is 9.10. The molecule has 2 rings (SSSR count). The van der Waals surface area contributed by atoms with Crippen molar-refractivity contribution in [3.05, 3.63) is 57.5 Å². The number of hydrogen-bond donors (Lipinski definition) is 0. The molecule has 6 heteroatoms. The van der Waals surface area contributed by atoms with Gasteiger partial charge in [0.1, 0.15) is 11.8 Å². The van der Waals surface area contributed by atoms with E-state index in [2.05, 4.69) is 25.9 Å². The lowest BCUT2D eigenvalue weighted by Crippen LogP contribution is -2.08. The Hall–Kier alpha value is -1.46. The van der Waals surface area contributed by atoms with Crippen LogP contribution in [0.5, 0.6) is 0 Å². The number of halogens is 2. The van der Waals surface area contributed by atoms with Gasteiger partial charge in [-0.15, -0.1) is 0 Å². The molecule has 1 heterocycles. The maximum absolute atomic E-state index is 11.7. The third kappa shape index (κ3) is 3.51. The summed E-state index contributed by atoms with van der Waals surface area (Å²) in [6.45, 7) is 0.173. The molecule has 0 fully saturated rings. The minimum absolute atomic E-state index is 0.0949. The lowest BCUT2D eigenvalue weighted by atomic mass is 10.2. The Kier molecular flexibility index (Phi) is 4.28. The van der Waals surface area contributed by atoms with Gasteiger partial charge in [-0.3, -0.25) is 4.98 Å². The van der Waals surface area contributed by atoms with Crippen LogP contribution in [0, 0.1) is 0 Å². The third-order valence-corrected chi connectivity index (χ3v) is 2.75. The predicted octanol–water partition coefficient (Wildman–Crippen LogP) is 3.25. The molecular weight excluding hydrogens is 320 g/mol. The monoisotopic (exact) mass is 326 g/mol. The van der Waals surface area contributed by atoms with E-state index < -0.39 is 5.97 Å². The second-order valence-corrected chi connectivity index (χ2v) is 4.74. The molecule has 0 atom stereocenters. The number of nitrogens with zero attached hydrogens (tertiary/aromatic N) is 2. The molecule has 92 valence electrons. The first-order valence-corrected chi connectivity index (χ1v) is 6.21. The second-order valence-electron chi connectivity index (χ2n) is 3.43. The van der Waals surface area contributed by atoms with Crippen LogP contribution in [0.1, 0.15) is 16.1 Å². The van der Waals surface area contributed by atoms with Crippen LogP contribution in [-0.2, 0) is 11.3 Å². The normalized spacial score (nSPS) is 10.1. The first-order chi connectivity index (χ1) is 8.65. The van der Waals surface area contributed by atoms with Crippen molar-refractivity contribution < 1.29 is 9.53 Å². The average Bonchev–Trinajstić information content (AvgIpc) is 2.36. The van der Waals surface area contributed by atoms with Gasteiger partial charge in [-0.05, 0) is 17.7 Å². The molecule has 4 nitrogen and oxygen atoms in total. The van der Waals surface area contributed by atoms with Crippen molar-refractivity contribution in [2.24, 2.45) is 0 Å². The summed E-state index contributed by atoms with van der Waals surface area (Å²) in [5.74, 6) is -0.551. The summed E-state index contributed by atoms with van der Waals surface area (Å²) in [4.78, 5) is 19.3. The maximum Gasteiger partial charge on any atom is 0.358 e. The number of rotatable bonds is 3. The minimum Gasteiger partial charge on any atom is -0.456 e. The number of esters is 1. The van der Waals surface area contributed by atoms with E-state index in [1.54, 1.807) is 0 Å². The largest absolute Gasteiger partial charge is 0.456 e. The van der Waals surface area contributed by atoms with Crippen molar-refractivity contribution in [1.82, 2.24) is 9.97 Å². The van der Waals surface area contributed by atoms with Gasteiger partial charge in [0, 0.05) is 4.47 Å². The van der Waals surface area contributed by atoms with Crippen molar-refractivity contribution in [3.8, 4) is 0 Å². The molecule has 0 aliphatic rings. The van der Waals surface area contributed by atoms with E-state index in [0.29, 0.717) is 0 Å². The molecular formula is C12H8BrClN2O2. The van der Waals surface area contributed by atoms with Crippen LogP contribution in [0.2, 0.25) is 5.15 Å². The van der Waals surface area contributed by atoms with E-state index in [-0.39, 0.29) is 17.5 Å². The quantitative estimate of drug-likeness (QED) is 0.812. The van der Waals surface area contributed by atoms with E-state index in [1.807, 2.05) is 24.3 Å². The van der Waals surface area contributed by atoms with Gasteiger partial charge in [-0.25, -0.2) is 9.78 Å². The highest BCUT2D eigenvalue weighted by atomic mass is 79.9. The standard InChI is InChI=1S/C12H8BrClN2O2/c13-9-3-1-2-8(4-9)7-18-12(17)10-5-15-6-11(14)16-10/h1-6H,7H2. The van der Waals surface area contributed by atoms with Crippen LogP contribution in [0.25, 0.3) is 0 Å². The molecule has 0 amide bonds. The highest BCUT2D eigenvalue weighted by Crippen LogP contribution is 2.13. The Labute approximate surface area is 117 Å². The van der Waals surface area contributed by atoms with Crippen molar-refractivity contribution in [1.29, 1.82) is 0 Å². The van der Waals surface area contributed by atoms with E-state index in [4.69, 9.17) is 16.3 Å².